The minimum atomic E-state index is 0.959. The maximum Gasteiger partial charge on any atom is 0.0589 e. The first-order valence-electron chi connectivity index (χ1n) is 14.5. The van der Waals surface area contributed by atoms with Crippen LogP contribution >= 0.6 is 0 Å². The van der Waals surface area contributed by atoms with Gasteiger partial charge in [0.1, 0.15) is 0 Å². The van der Waals surface area contributed by atoms with Crippen molar-refractivity contribution in [1.29, 1.82) is 0 Å². The predicted octanol–water partition coefficient (Wildman–Crippen LogP) is 10.2. The Hall–Kier alpha value is -5.14. The van der Waals surface area contributed by atoms with Crippen molar-refractivity contribution >= 4 is 43.4 Å². The highest BCUT2D eigenvalue weighted by Gasteiger charge is 2.28. The molecule has 0 amide bonds. The molecule has 1 heteroatoms. The highest BCUT2D eigenvalue weighted by Crippen LogP contribution is 2.49. The van der Waals surface area contributed by atoms with Crippen LogP contribution in [0.3, 0.4) is 0 Å². The van der Waals surface area contributed by atoms with Gasteiger partial charge in [-0.3, -0.25) is 0 Å². The molecule has 1 nitrogen and oxygen atoms in total. The van der Waals surface area contributed by atoms with Crippen LogP contribution in [0.5, 0.6) is 0 Å². The zero-order valence-electron chi connectivity index (χ0n) is 22.5. The van der Waals surface area contributed by atoms with E-state index in [4.69, 9.17) is 0 Å². The van der Waals surface area contributed by atoms with Crippen LogP contribution in [-0.2, 0) is 12.8 Å². The van der Waals surface area contributed by atoms with E-state index >= 15 is 0 Å². The summed E-state index contributed by atoms with van der Waals surface area (Å²) < 4.78 is 2.56. The Morgan fingerprint density at radius 2 is 1.20 bits per heavy atom. The third-order valence-electron chi connectivity index (χ3n) is 9.59. The molecule has 0 saturated carbocycles. The summed E-state index contributed by atoms with van der Waals surface area (Å²) in [6, 6.07) is 47.6. The molecule has 0 saturated heterocycles. The SMILES string of the molecule is c1ccc2c(c1)Cc1c-2c2ccccc2c2c3ccccc3n(-c3ccc4c(c3)Cc3cccc5cccc-4c35)c12. The minimum Gasteiger partial charge on any atom is -0.309 e. The lowest BCUT2D eigenvalue weighted by Crippen LogP contribution is -2.04. The molecule has 10 rings (SSSR count). The van der Waals surface area contributed by atoms with E-state index in [1.807, 2.05) is 0 Å². The maximum absolute atomic E-state index is 2.56. The zero-order valence-corrected chi connectivity index (χ0v) is 22.5. The molecule has 0 unspecified atom stereocenters. The summed E-state index contributed by atoms with van der Waals surface area (Å²) in [5.74, 6) is 0. The highest BCUT2D eigenvalue weighted by molar-refractivity contribution is 6.26. The summed E-state index contributed by atoms with van der Waals surface area (Å²) in [6.07, 6.45) is 1.92. The summed E-state index contributed by atoms with van der Waals surface area (Å²) in [5, 5.41) is 8.14. The highest BCUT2D eigenvalue weighted by atomic mass is 15.0. The number of hydrogen-bond donors (Lipinski definition) is 0. The molecule has 0 atom stereocenters. The van der Waals surface area contributed by atoms with E-state index in [9.17, 15) is 0 Å². The molecule has 0 aliphatic heterocycles. The van der Waals surface area contributed by atoms with Crippen molar-refractivity contribution in [3.05, 3.63) is 150 Å². The van der Waals surface area contributed by atoms with E-state index < -0.39 is 0 Å². The molecule has 2 aliphatic carbocycles. The monoisotopic (exact) mass is 519 g/mol. The van der Waals surface area contributed by atoms with Gasteiger partial charge in [0.15, 0.2) is 0 Å². The number of para-hydroxylation sites is 1. The van der Waals surface area contributed by atoms with Gasteiger partial charge in [0.2, 0.25) is 0 Å². The predicted molar refractivity (Wildman–Crippen MR) is 172 cm³/mol. The normalized spacial score (nSPS) is 13.2. The lowest BCUT2D eigenvalue weighted by atomic mass is 9.83. The molecule has 0 N–H and O–H groups in total. The summed E-state index contributed by atoms with van der Waals surface area (Å²) >= 11 is 0. The van der Waals surface area contributed by atoms with Gasteiger partial charge in [-0.05, 0) is 90.7 Å². The third-order valence-corrected chi connectivity index (χ3v) is 9.59. The van der Waals surface area contributed by atoms with Crippen LogP contribution in [0, 0.1) is 0 Å². The van der Waals surface area contributed by atoms with Crippen molar-refractivity contribution in [3.63, 3.8) is 0 Å². The molecule has 190 valence electrons. The quantitative estimate of drug-likeness (QED) is 0.203. The molecule has 1 heterocycles. The number of fused-ring (bicyclic) bond motifs is 12. The second-order valence-corrected chi connectivity index (χ2v) is 11.6. The first-order valence-corrected chi connectivity index (χ1v) is 14.5. The van der Waals surface area contributed by atoms with Gasteiger partial charge in [-0.15, -0.1) is 0 Å². The Morgan fingerprint density at radius 3 is 2.12 bits per heavy atom. The lowest BCUT2D eigenvalue weighted by molar-refractivity contribution is 1.12. The number of benzene rings is 7. The fourth-order valence-electron chi connectivity index (χ4n) is 7.98. The van der Waals surface area contributed by atoms with Gasteiger partial charge >= 0.3 is 0 Å². The van der Waals surface area contributed by atoms with Gasteiger partial charge in [0, 0.05) is 22.9 Å². The Labute approximate surface area is 237 Å². The van der Waals surface area contributed by atoms with Crippen LogP contribution in [0.1, 0.15) is 22.3 Å². The lowest BCUT2D eigenvalue weighted by Gasteiger charge is -2.22. The molecular formula is C40H25N. The van der Waals surface area contributed by atoms with Crippen LogP contribution in [0.15, 0.2) is 127 Å². The fraction of sp³-hybridized carbons (Fsp3) is 0.0500. The maximum atomic E-state index is 2.56. The van der Waals surface area contributed by atoms with Gasteiger partial charge in [0.05, 0.1) is 11.0 Å². The Balaban J connectivity index is 1.33. The molecule has 0 fully saturated rings. The van der Waals surface area contributed by atoms with E-state index in [0.29, 0.717) is 0 Å². The molecule has 2 aliphatic rings. The van der Waals surface area contributed by atoms with Crippen molar-refractivity contribution in [1.82, 2.24) is 4.57 Å². The van der Waals surface area contributed by atoms with E-state index in [2.05, 4.69) is 132 Å². The second kappa shape index (κ2) is 7.74. The minimum absolute atomic E-state index is 0.959. The average Bonchev–Trinajstić information content (AvgIpc) is 3.58. The zero-order chi connectivity index (χ0) is 26.7. The Morgan fingerprint density at radius 1 is 0.463 bits per heavy atom. The number of rotatable bonds is 1. The molecule has 41 heavy (non-hydrogen) atoms. The molecule has 8 aromatic rings. The Bertz CT molecular complexity index is 2410. The molecule has 7 aromatic carbocycles. The topological polar surface area (TPSA) is 4.93 Å². The van der Waals surface area contributed by atoms with Gasteiger partial charge in [-0.2, -0.15) is 0 Å². The summed E-state index contributed by atoms with van der Waals surface area (Å²) in [5.41, 5.74) is 15.1. The van der Waals surface area contributed by atoms with Crippen LogP contribution in [-0.4, -0.2) is 4.57 Å². The number of aromatic nitrogens is 1. The molecule has 0 bridgehead atoms. The van der Waals surface area contributed by atoms with E-state index in [-0.39, 0.29) is 0 Å². The Kier molecular flexibility index (Phi) is 4.09. The second-order valence-electron chi connectivity index (χ2n) is 11.6. The van der Waals surface area contributed by atoms with Gasteiger partial charge in [0.25, 0.3) is 0 Å². The first-order chi connectivity index (χ1) is 20.3. The fourth-order valence-corrected chi connectivity index (χ4v) is 7.98. The van der Waals surface area contributed by atoms with Crippen molar-refractivity contribution in [2.45, 2.75) is 12.8 Å². The van der Waals surface area contributed by atoms with Gasteiger partial charge in [-0.1, -0.05) is 109 Å². The summed E-state index contributed by atoms with van der Waals surface area (Å²) in [7, 11) is 0. The van der Waals surface area contributed by atoms with Crippen molar-refractivity contribution in [2.75, 3.05) is 0 Å². The van der Waals surface area contributed by atoms with Crippen LogP contribution in [0.25, 0.3) is 71.3 Å². The molecule has 0 radical (unpaired) electrons. The smallest absolute Gasteiger partial charge is 0.0589 e. The third kappa shape index (κ3) is 2.76. The van der Waals surface area contributed by atoms with Crippen molar-refractivity contribution in [3.8, 4) is 27.9 Å². The summed E-state index contributed by atoms with van der Waals surface area (Å²) in [4.78, 5) is 0. The molecule has 0 spiro atoms. The van der Waals surface area contributed by atoms with E-state index in [1.54, 1.807) is 0 Å². The number of nitrogens with zero attached hydrogens (tertiary/aromatic N) is 1. The van der Waals surface area contributed by atoms with E-state index in [1.165, 1.54) is 93.5 Å². The standard InChI is InChI=1S/C40H25N/c1-2-13-30-25(9-1)23-35-38(30)32-14-3-4-15-33(32)39-34-16-5-6-18-36(34)41(40(35)39)28-19-20-29-27(22-28)21-26-12-7-10-24-11-8-17-31(29)37(24)26/h1-20,22H,21,23H2. The van der Waals surface area contributed by atoms with E-state index in [0.717, 1.165) is 12.8 Å². The molecule has 1 aromatic heterocycles. The summed E-state index contributed by atoms with van der Waals surface area (Å²) in [6.45, 7) is 0. The number of hydrogen-bond acceptors (Lipinski definition) is 0. The largest absolute Gasteiger partial charge is 0.309 e. The van der Waals surface area contributed by atoms with Crippen LogP contribution in [0.4, 0.5) is 0 Å². The molecular weight excluding hydrogens is 494 g/mol. The average molecular weight is 520 g/mol. The van der Waals surface area contributed by atoms with Crippen LogP contribution < -0.4 is 0 Å². The first kappa shape index (κ1) is 21.7. The van der Waals surface area contributed by atoms with Crippen LogP contribution in [0.2, 0.25) is 0 Å². The van der Waals surface area contributed by atoms with Crippen molar-refractivity contribution in [2.24, 2.45) is 0 Å². The van der Waals surface area contributed by atoms with Gasteiger partial charge < -0.3 is 4.57 Å². The van der Waals surface area contributed by atoms with Crippen molar-refractivity contribution < 1.29 is 0 Å². The van der Waals surface area contributed by atoms with Gasteiger partial charge in [-0.25, -0.2) is 0 Å².